The van der Waals surface area contributed by atoms with Crippen molar-refractivity contribution in [1.29, 1.82) is 0 Å². The van der Waals surface area contributed by atoms with Crippen molar-refractivity contribution in [2.45, 2.75) is 56.1 Å². The molecular weight excluding hydrogens is 312 g/mol. The van der Waals surface area contributed by atoms with Crippen LogP contribution in [0.4, 0.5) is 0 Å². The van der Waals surface area contributed by atoms with E-state index in [-0.39, 0.29) is 0 Å². The summed E-state index contributed by atoms with van der Waals surface area (Å²) >= 11 is 7.19. The lowest BCUT2D eigenvalue weighted by atomic mass is 10.1. The maximum absolute atomic E-state index is 3.48. The molecule has 1 heterocycles. The van der Waals surface area contributed by atoms with Gasteiger partial charge in [-0.15, -0.1) is 11.3 Å². The van der Waals surface area contributed by atoms with E-state index in [1.165, 1.54) is 54.1 Å². The molecule has 0 aliphatic rings. The van der Waals surface area contributed by atoms with E-state index in [0.717, 1.165) is 0 Å². The van der Waals surface area contributed by atoms with Crippen LogP contribution >= 0.6 is 39.0 Å². The lowest BCUT2D eigenvalue weighted by Gasteiger charge is -2.04. The van der Waals surface area contributed by atoms with Crippen LogP contribution in [0.15, 0.2) is 31.6 Å². The summed E-state index contributed by atoms with van der Waals surface area (Å²) in [6.45, 7) is 2.27. The van der Waals surface area contributed by atoms with Crippen LogP contribution in [0.5, 0.6) is 0 Å². The Morgan fingerprint density at radius 1 is 1.29 bits per heavy atom. The first-order valence-corrected chi connectivity index (χ1v) is 8.98. The topological polar surface area (TPSA) is 0 Å². The van der Waals surface area contributed by atoms with Gasteiger partial charge in [0.2, 0.25) is 0 Å². The molecule has 0 aliphatic heterocycles. The number of allylic oxidation sites excluding steroid dienone is 1. The van der Waals surface area contributed by atoms with E-state index in [9.17, 15) is 0 Å². The molecule has 0 spiro atoms. The summed E-state index contributed by atoms with van der Waals surface area (Å²) in [5.41, 5.74) is 0. The highest BCUT2D eigenvalue weighted by atomic mass is 79.9. The van der Waals surface area contributed by atoms with Crippen molar-refractivity contribution < 1.29 is 0 Å². The molecule has 0 atom stereocenters. The van der Waals surface area contributed by atoms with Crippen molar-refractivity contribution in [1.82, 2.24) is 0 Å². The van der Waals surface area contributed by atoms with E-state index < -0.39 is 0 Å². The number of halogens is 1. The lowest BCUT2D eigenvalue weighted by Crippen LogP contribution is -1.81. The Morgan fingerprint density at radius 3 is 2.71 bits per heavy atom. The van der Waals surface area contributed by atoms with Gasteiger partial charge in [-0.25, -0.2) is 0 Å². The Bertz CT molecular complexity index is 304. The highest BCUT2D eigenvalue weighted by Crippen LogP contribution is 2.34. The summed E-state index contributed by atoms with van der Waals surface area (Å²) < 4.78 is 1.39. The average molecular weight is 333 g/mol. The van der Waals surface area contributed by atoms with E-state index in [1.807, 2.05) is 23.1 Å². The standard InChI is InChI=1S/C14H21BrS2/c1-2-3-4-5-6-7-9-13(12-15)17-14-10-8-11-16-14/h8,10-12H,2-7,9H2,1H3/b13-12-. The summed E-state index contributed by atoms with van der Waals surface area (Å²) in [4.78, 5) is 3.53. The molecule has 0 nitrogen and oxygen atoms in total. The molecule has 0 N–H and O–H groups in total. The van der Waals surface area contributed by atoms with Gasteiger partial charge in [0.15, 0.2) is 0 Å². The van der Waals surface area contributed by atoms with Crippen molar-refractivity contribution in [2.24, 2.45) is 0 Å². The minimum atomic E-state index is 1.21. The zero-order valence-electron chi connectivity index (χ0n) is 10.5. The smallest absolute Gasteiger partial charge is 0.0643 e. The van der Waals surface area contributed by atoms with E-state index in [1.54, 1.807) is 0 Å². The molecule has 0 bridgehead atoms. The van der Waals surface area contributed by atoms with Crippen LogP contribution in [0.3, 0.4) is 0 Å². The van der Waals surface area contributed by atoms with Crippen LogP contribution in [-0.2, 0) is 0 Å². The van der Waals surface area contributed by atoms with Gasteiger partial charge in [-0.2, -0.15) is 0 Å². The Hall–Kier alpha value is 0.270. The van der Waals surface area contributed by atoms with E-state index in [2.05, 4.69) is 45.4 Å². The SMILES string of the molecule is CCCCCCCC/C(=C/Br)Sc1cccs1. The minimum absolute atomic E-state index is 1.21. The largest absolute Gasteiger partial charge is 0.137 e. The molecule has 0 radical (unpaired) electrons. The van der Waals surface area contributed by atoms with Gasteiger partial charge in [-0.3, -0.25) is 0 Å². The number of thioether (sulfide) groups is 1. The quantitative estimate of drug-likeness (QED) is 0.353. The van der Waals surface area contributed by atoms with Gasteiger partial charge < -0.3 is 0 Å². The molecule has 0 fully saturated rings. The van der Waals surface area contributed by atoms with Crippen LogP contribution in [0.2, 0.25) is 0 Å². The monoisotopic (exact) mass is 332 g/mol. The fraction of sp³-hybridized carbons (Fsp3) is 0.571. The molecule has 0 aromatic carbocycles. The summed E-state index contributed by atoms with van der Waals surface area (Å²) in [6.07, 6.45) is 9.43. The molecule has 0 saturated heterocycles. The van der Waals surface area contributed by atoms with Crippen LogP contribution in [-0.4, -0.2) is 0 Å². The van der Waals surface area contributed by atoms with Gasteiger partial charge in [0.05, 0.1) is 4.21 Å². The third-order valence-corrected chi connectivity index (χ3v) is 5.60. The normalized spacial score (nSPS) is 12.0. The fourth-order valence-electron chi connectivity index (χ4n) is 1.66. The molecule has 0 saturated carbocycles. The van der Waals surface area contributed by atoms with Gasteiger partial charge in [-0.1, -0.05) is 72.8 Å². The maximum atomic E-state index is 3.48. The molecule has 0 aliphatic carbocycles. The van der Waals surface area contributed by atoms with Gasteiger partial charge in [0.1, 0.15) is 0 Å². The number of hydrogen-bond acceptors (Lipinski definition) is 2. The average Bonchev–Trinajstić information content (AvgIpc) is 2.85. The maximum Gasteiger partial charge on any atom is 0.0643 e. The summed E-state index contributed by atoms with van der Waals surface area (Å²) in [5.74, 6) is 0. The molecule has 0 amide bonds. The predicted molar refractivity (Wildman–Crippen MR) is 85.2 cm³/mol. The number of hydrogen-bond donors (Lipinski definition) is 0. The molecule has 1 aromatic heterocycles. The highest BCUT2D eigenvalue weighted by molar-refractivity contribution is 9.11. The van der Waals surface area contributed by atoms with Crippen LogP contribution in [0.1, 0.15) is 51.9 Å². The van der Waals surface area contributed by atoms with Crippen molar-refractivity contribution in [3.8, 4) is 0 Å². The second-order valence-corrected chi connectivity index (χ2v) is 6.96. The second kappa shape index (κ2) is 10.2. The molecule has 0 unspecified atom stereocenters. The first kappa shape index (κ1) is 15.3. The Kier molecular flexibility index (Phi) is 9.21. The van der Waals surface area contributed by atoms with Crippen LogP contribution in [0.25, 0.3) is 0 Å². The third kappa shape index (κ3) is 7.32. The van der Waals surface area contributed by atoms with Gasteiger partial charge in [0, 0.05) is 0 Å². The minimum Gasteiger partial charge on any atom is -0.137 e. The summed E-state index contributed by atoms with van der Waals surface area (Å²) in [6, 6.07) is 4.30. The van der Waals surface area contributed by atoms with E-state index >= 15 is 0 Å². The van der Waals surface area contributed by atoms with E-state index in [4.69, 9.17) is 0 Å². The Labute approximate surface area is 122 Å². The predicted octanol–water partition coefficient (Wildman–Crippen LogP) is 6.83. The van der Waals surface area contributed by atoms with Crippen LogP contribution < -0.4 is 0 Å². The fourth-order valence-corrected chi connectivity index (χ4v) is 3.99. The summed E-state index contributed by atoms with van der Waals surface area (Å²) in [7, 11) is 0. The molecule has 3 heteroatoms. The number of unbranched alkanes of at least 4 members (excludes halogenated alkanes) is 5. The molecule has 17 heavy (non-hydrogen) atoms. The molecular formula is C14H21BrS2. The van der Waals surface area contributed by atoms with Crippen LogP contribution in [0, 0.1) is 0 Å². The first-order valence-electron chi connectivity index (χ1n) is 6.37. The van der Waals surface area contributed by atoms with E-state index in [0.29, 0.717) is 0 Å². The lowest BCUT2D eigenvalue weighted by molar-refractivity contribution is 0.610. The summed E-state index contributed by atoms with van der Waals surface area (Å²) in [5, 5.41) is 2.14. The Balaban J connectivity index is 2.11. The van der Waals surface area contributed by atoms with Gasteiger partial charge in [-0.05, 0) is 34.2 Å². The molecule has 1 rings (SSSR count). The zero-order valence-corrected chi connectivity index (χ0v) is 13.7. The van der Waals surface area contributed by atoms with Crippen molar-refractivity contribution in [3.63, 3.8) is 0 Å². The highest BCUT2D eigenvalue weighted by Gasteiger charge is 2.01. The van der Waals surface area contributed by atoms with Crippen molar-refractivity contribution in [2.75, 3.05) is 0 Å². The second-order valence-electron chi connectivity index (χ2n) is 4.13. The zero-order chi connectivity index (χ0) is 12.3. The molecule has 96 valence electrons. The number of thiophene rings is 1. The van der Waals surface area contributed by atoms with Gasteiger partial charge >= 0.3 is 0 Å². The Morgan fingerprint density at radius 2 is 2.06 bits per heavy atom. The van der Waals surface area contributed by atoms with Crippen molar-refractivity contribution in [3.05, 3.63) is 27.4 Å². The molecule has 1 aromatic rings. The first-order chi connectivity index (χ1) is 8.36. The van der Waals surface area contributed by atoms with Gasteiger partial charge in [0.25, 0.3) is 0 Å². The number of rotatable bonds is 9. The third-order valence-electron chi connectivity index (χ3n) is 2.63. The van der Waals surface area contributed by atoms with Crippen molar-refractivity contribution >= 4 is 39.0 Å².